The smallest absolute Gasteiger partial charge is 0.270 e. The lowest BCUT2D eigenvalue weighted by Gasteiger charge is -2.26. The summed E-state index contributed by atoms with van der Waals surface area (Å²) in [6, 6.07) is 4.87. The number of nitrogens with zero attached hydrogens (tertiary/aromatic N) is 2. The number of halogens is 1. The highest BCUT2D eigenvalue weighted by molar-refractivity contribution is 9.10. The molecule has 0 unspecified atom stereocenters. The first kappa shape index (κ1) is 16.4. The van der Waals surface area contributed by atoms with E-state index < -0.39 is 0 Å². The molecule has 1 aliphatic heterocycles. The van der Waals surface area contributed by atoms with Crippen molar-refractivity contribution in [2.24, 2.45) is 0 Å². The standard InChI is InChI=1S/C14H20BrN3O3/c15-14-10-13(18(19)20)3-2-12(14)11-16-4-1-5-17-6-8-21-9-7-17/h2-3,10,16H,1,4-9,11H2. The largest absolute Gasteiger partial charge is 0.379 e. The number of nitro groups is 1. The number of non-ortho nitro benzene ring substituents is 1. The monoisotopic (exact) mass is 357 g/mol. The van der Waals surface area contributed by atoms with Crippen LogP contribution in [0.25, 0.3) is 0 Å². The molecule has 0 aromatic heterocycles. The van der Waals surface area contributed by atoms with E-state index >= 15 is 0 Å². The van der Waals surface area contributed by atoms with E-state index in [9.17, 15) is 10.1 Å². The molecular weight excluding hydrogens is 338 g/mol. The van der Waals surface area contributed by atoms with Crippen molar-refractivity contribution in [1.82, 2.24) is 10.2 Å². The molecule has 2 rings (SSSR count). The maximum Gasteiger partial charge on any atom is 0.270 e. The maximum absolute atomic E-state index is 10.7. The molecule has 0 radical (unpaired) electrons. The number of benzene rings is 1. The van der Waals surface area contributed by atoms with Crippen molar-refractivity contribution < 1.29 is 9.66 Å². The van der Waals surface area contributed by atoms with E-state index in [4.69, 9.17) is 4.74 Å². The maximum atomic E-state index is 10.7. The Kier molecular flexibility index (Phi) is 6.56. The van der Waals surface area contributed by atoms with Gasteiger partial charge in [-0.05, 0) is 31.1 Å². The summed E-state index contributed by atoms with van der Waals surface area (Å²) in [5.74, 6) is 0. The third kappa shape index (κ3) is 5.35. The highest BCUT2D eigenvalue weighted by Crippen LogP contribution is 2.22. The minimum Gasteiger partial charge on any atom is -0.379 e. The Balaban J connectivity index is 1.67. The van der Waals surface area contributed by atoms with Crippen LogP contribution >= 0.6 is 15.9 Å². The van der Waals surface area contributed by atoms with Crippen molar-refractivity contribution in [2.45, 2.75) is 13.0 Å². The summed E-state index contributed by atoms with van der Waals surface area (Å²) >= 11 is 3.38. The van der Waals surface area contributed by atoms with Crippen molar-refractivity contribution in [3.05, 3.63) is 38.3 Å². The van der Waals surface area contributed by atoms with Crippen molar-refractivity contribution in [3.63, 3.8) is 0 Å². The molecule has 1 N–H and O–H groups in total. The third-order valence-corrected chi connectivity index (χ3v) is 4.23. The van der Waals surface area contributed by atoms with Gasteiger partial charge in [0.15, 0.2) is 0 Å². The fraction of sp³-hybridized carbons (Fsp3) is 0.571. The number of hydrogen-bond acceptors (Lipinski definition) is 5. The van der Waals surface area contributed by atoms with Crippen LogP contribution in [0.3, 0.4) is 0 Å². The topological polar surface area (TPSA) is 67.6 Å². The van der Waals surface area contributed by atoms with Crippen molar-refractivity contribution >= 4 is 21.6 Å². The van der Waals surface area contributed by atoms with Gasteiger partial charge in [0.1, 0.15) is 0 Å². The molecule has 0 spiro atoms. The SMILES string of the molecule is O=[N+]([O-])c1ccc(CNCCCN2CCOCC2)c(Br)c1. The molecule has 0 atom stereocenters. The van der Waals surface area contributed by atoms with E-state index in [1.807, 2.05) is 0 Å². The summed E-state index contributed by atoms with van der Waals surface area (Å²) < 4.78 is 6.09. The molecule has 0 aliphatic carbocycles. The summed E-state index contributed by atoms with van der Waals surface area (Å²) in [6.07, 6.45) is 1.09. The van der Waals surface area contributed by atoms with Crippen LogP contribution in [0, 0.1) is 10.1 Å². The van der Waals surface area contributed by atoms with E-state index in [1.54, 1.807) is 12.1 Å². The second-order valence-electron chi connectivity index (χ2n) is 5.02. The Morgan fingerprint density at radius 2 is 2.14 bits per heavy atom. The number of morpholine rings is 1. The Labute approximate surface area is 132 Å². The van der Waals surface area contributed by atoms with Crippen LogP contribution in [0.4, 0.5) is 5.69 Å². The molecule has 7 heteroatoms. The lowest BCUT2D eigenvalue weighted by atomic mass is 10.2. The number of ether oxygens (including phenoxy) is 1. The number of hydrogen-bond donors (Lipinski definition) is 1. The quantitative estimate of drug-likeness (QED) is 0.460. The van der Waals surface area contributed by atoms with Gasteiger partial charge in [0, 0.05) is 36.2 Å². The predicted octanol–water partition coefficient (Wildman–Crippen LogP) is 2.17. The zero-order valence-electron chi connectivity index (χ0n) is 11.9. The first-order valence-electron chi connectivity index (χ1n) is 7.10. The highest BCUT2D eigenvalue weighted by Gasteiger charge is 2.10. The van der Waals surface area contributed by atoms with Crippen LogP contribution in [-0.4, -0.2) is 49.2 Å². The normalized spacial score (nSPS) is 16.0. The van der Waals surface area contributed by atoms with Gasteiger partial charge in [-0.1, -0.05) is 15.9 Å². The van der Waals surface area contributed by atoms with Gasteiger partial charge in [0.05, 0.1) is 18.1 Å². The van der Waals surface area contributed by atoms with Crippen molar-refractivity contribution in [3.8, 4) is 0 Å². The zero-order chi connectivity index (χ0) is 15.1. The Morgan fingerprint density at radius 3 is 2.81 bits per heavy atom. The summed E-state index contributed by atoms with van der Waals surface area (Å²) in [5.41, 5.74) is 1.14. The molecule has 21 heavy (non-hydrogen) atoms. The van der Waals surface area contributed by atoms with Crippen LogP contribution in [0.1, 0.15) is 12.0 Å². The summed E-state index contributed by atoms with van der Waals surface area (Å²) in [7, 11) is 0. The van der Waals surface area contributed by atoms with Crippen molar-refractivity contribution in [2.75, 3.05) is 39.4 Å². The fourth-order valence-corrected chi connectivity index (χ4v) is 2.78. The second-order valence-corrected chi connectivity index (χ2v) is 5.87. The van der Waals surface area contributed by atoms with Gasteiger partial charge in [0.25, 0.3) is 5.69 Å². The van der Waals surface area contributed by atoms with E-state index in [2.05, 4.69) is 26.1 Å². The predicted molar refractivity (Wildman–Crippen MR) is 84.4 cm³/mol. The average Bonchev–Trinajstić information content (AvgIpc) is 2.49. The minimum absolute atomic E-state index is 0.109. The molecule has 1 aromatic carbocycles. The molecule has 1 fully saturated rings. The van der Waals surface area contributed by atoms with Crippen LogP contribution in [0.15, 0.2) is 22.7 Å². The lowest BCUT2D eigenvalue weighted by molar-refractivity contribution is -0.384. The first-order chi connectivity index (χ1) is 10.2. The van der Waals surface area contributed by atoms with Gasteiger partial charge in [0.2, 0.25) is 0 Å². The molecule has 0 amide bonds. The summed E-state index contributed by atoms with van der Waals surface area (Å²) in [6.45, 7) is 6.44. The van der Waals surface area contributed by atoms with Gasteiger partial charge in [-0.15, -0.1) is 0 Å². The van der Waals surface area contributed by atoms with Gasteiger partial charge in [-0.25, -0.2) is 0 Å². The van der Waals surface area contributed by atoms with Crippen LogP contribution in [-0.2, 0) is 11.3 Å². The minimum atomic E-state index is -0.385. The van der Waals surface area contributed by atoms with E-state index in [1.165, 1.54) is 6.07 Å². The van der Waals surface area contributed by atoms with Crippen LogP contribution in [0.2, 0.25) is 0 Å². The van der Waals surface area contributed by atoms with Gasteiger partial charge in [-0.3, -0.25) is 15.0 Å². The number of nitrogens with one attached hydrogen (secondary N) is 1. The molecule has 0 bridgehead atoms. The fourth-order valence-electron chi connectivity index (χ4n) is 2.27. The number of rotatable bonds is 7. The molecule has 116 valence electrons. The van der Waals surface area contributed by atoms with E-state index in [-0.39, 0.29) is 10.6 Å². The summed E-state index contributed by atoms with van der Waals surface area (Å²) in [5, 5.41) is 14.0. The molecular formula is C14H20BrN3O3. The Bertz CT molecular complexity index is 479. The van der Waals surface area contributed by atoms with Crippen LogP contribution in [0.5, 0.6) is 0 Å². The summed E-state index contributed by atoms with van der Waals surface area (Å²) in [4.78, 5) is 12.7. The lowest BCUT2D eigenvalue weighted by Crippen LogP contribution is -2.37. The molecule has 1 saturated heterocycles. The molecule has 1 aliphatic rings. The molecule has 6 nitrogen and oxygen atoms in total. The van der Waals surface area contributed by atoms with Gasteiger partial charge in [-0.2, -0.15) is 0 Å². The molecule has 0 saturated carbocycles. The Morgan fingerprint density at radius 1 is 1.38 bits per heavy atom. The molecule has 1 heterocycles. The first-order valence-corrected chi connectivity index (χ1v) is 7.90. The highest BCUT2D eigenvalue weighted by atomic mass is 79.9. The second kappa shape index (κ2) is 8.43. The third-order valence-electron chi connectivity index (χ3n) is 3.49. The van der Waals surface area contributed by atoms with E-state index in [0.717, 1.165) is 55.8 Å². The van der Waals surface area contributed by atoms with Gasteiger partial charge < -0.3 is 10.1 Å². The van der Waals surface area contributed by atoms with Crippen molar-refractivity contribution in [1.29, 1.82) is 0 Å². The zero-order valence-corrected chi connectivity index (χ0v) is 13.5. The molecule has 1 aromatic rings. The van der Waals surface area contributed by atoms with E-state index in [0.29, 0.717) is 6.54 Å². The van der Waals surface area contributed by atoms with Gasteiger partial charge >= 0.3 is 0 Å². The van der Waals surface area contributed by atoms with Crippen LogP contribution < -0.4 is 5.32 Å². The average molecular weight is 358 g/mol. The Hall–Kier alpha value is -1.02. The number of nitro benzene ring substituents is 1.